The van der Waals surface area contributed by atoms with Crippen LogP contribution < -0.4 is 5.32 Å². The van der Waals surface area contributed by atoms with Gasteiger partial charge in [-0.1, -0.05) is 18.2 Å². The van der Waals surface area contributed by atoms with Crippen molar-refractivity contribution in [3.05, 3.63) is 34.9 Å². The number of aryl methyl sites for hydroxylation is 1. The number of carbonyl (C=O) groups is 1. The summed E-state index contributed by atoms with van der Waals surface area (Å²) in [5.74, 6) is 0. The van der Waals surface area contributed by atoms with Crippen molar-refractivity contribution in [2.75, 3.05) is 6.26 Å². The van der Waals surface area contributed by atoms with Crippen molar-refractivity contribution in [3.63, 3.8) is 0 Å². The standard InChI is InChI=1S/C16H23NO5S/c1-16(2,3)22-15(18)17-14-8-7-12-6-5-11(9-13(12)14)10-21-23(4,19)20/h5-6,9,14H,7-8,10H2,1-4H3,(H,17,18). The summed E-state index contributed by atoms with van der Waals surface area (Å²) in [6.07, 6.45) is 2.23. The van der Waals surface area contributed by atoms with E-state index in [4.69, 9.17) is 8.92 Å². The van der Waals surface area contributed by atoms with Gasteiger partial charge in [-0.3, -0.25) is 4.18 Å². The number of fused-ring (bicyclic) bond motifs is 1. The molecule has 1 aliphatic rings. The molecule has 0 aliphatic heterocycles. The van der Waals surface area contributed by atoms with Gasteiger partial charge in [0, 0.05) is 0 Å². The lowest BCUT2D eigenvalue weighted by Gasteiger charge is -2.22. The van der Waals surface area contributed by atoms with Gasteiger partial charge in [0.05, 0.1) is 18.9 Å². The molecule has 1 N–H and O–H groups in total. The highest BCUT2D eigenvalue weighted by Gasteiger charge is 2.26. The summed E-state index contributed by atoms with van der Waals surface area (Å²) in [7, 11) is -3.48. The Morgan fingerprint density at radius 1 is 1.35 bits per heavy atom. The molecule has 0 saturated carbocycles. The normalized spacial score (nSPS) is 17.7. The Balaban J connectivity index is 2.07. The molecule has 1 amide bonds. The highest BCUT2D eigenvalue weighted by molar-refractivity contribution is 7.85. The van der Waals surface area contributed by atoms with Crippen LogP contribution in [-0.4, -0.2) is 26.4 Å². The van der Waals surface area contributed by atoms with E-state index in [-0.39, 0.29) is 12.6 Å². The lowest BCUT2D eigenvalue weighted by Crippen LogP contribution is -2.34. The number of ether oxygens (including phenoxy) is 1. The van der Waals surface area contributed by atoms with Crippen LogP contribution in [0.15, 0.2) is 18.2 Å². The third-order valence-electron chi connectivity index (χ3n) is 3.42. The molecule has 0 spiro atoms. The number of carbonyl (C=O) groups excluding carboxylic acids is 1. The van der Waals surface area contributed by atoms with Crippen molar-refractivity contribution >= 4 is 16.2 Å². The molecule has 1 unspecified atom stereocenters. The third-order valence-corrected chi connectivity index (χ3v) is 3.96. The number of hydrogen-bond acceptors (Lipinski definition) is 5. The van der Waals surface area contributed by atoms with Crippen LogP contribution in [0.3, 0.4) is 0 Å². The first-order chi connectivity index (χ1) is 10.5. The van der Waals surface area contributed by atoms with Crippen molar-refractivity contribution < 1.29 is 22.1 Å². The van der Waals surface area contributed by atoms with Crippen LogP contribution in [0.1, 0.15) is 49.9 Å². The minimum absolute atomic E-state index is 0.00866. The van der Waals surface area contributed by atoms with Crippen LogP contribution in [0.2, 0.25) is 0 Å². The first-order valence-corrected chi connectivity index (χ1v) is 9.31. The Kier molecular flexibility index (Phi) is 5.01. The second-order valence-corrected chi connectivity index (χ2v) is 8.38. The fourth-order valence-electron chi connectivity index (χ4n) is 2.52. The molecule has 0 heterocycles. The molecule has 1 aromatic carbocycles. The molecule has 128 valence electrons. The van der Waals surface area contributed by atoms with Crippen molar-refractivity contribution in [1.29, 1.82) is 0 Å². The summed E-state index contributed by atoms with van der Waals surface area (Å²) in [5.41, 5.74) is 2.35. The van der Waals surface area contributed by atoms with E-state index in [9.17, 15) is 13.2 Å². The number of alkyl carbamates (subject to hydrolysis) is 1. The van der Waals surface area contributed by atoms with Crippen LogP contribution in [0.4, 0.5) is 4.79 Å². The van der Waals surface area contributed by atoms with E-state index in [1.165, 1.54) is 0 Å². The molecule has 0 aromatic heterocycles. The molecule has 1 aromatic rings. The molecule has 1 atom stereocenters. The van der Waals surface area contributed by atoms with E-state index in [0.29, 0.717) is 0 Å². The molecule has 7 heteroatoms. The lowest BCUT2D eigenvalue weighted by molar-refractivity contribution is 0.0503. The summed E-state index contributed by atoms with van der Waals surface area (Å²) in [6.45, 7) is 5.44. The molecule has 2 rings (SSSR count). The predicted octanol–water partition coefficient (Wildman–Crippen LogP) is 2.67. The zero-order valence-corrected chi connectivity index (χ0v) is 14.7. The average Bonchev–Trinajstić information content (AvgIpc) is 2.76. The summed E-state index contributed by atoms with van der Waals surface area (Å²) >= 11 is 0. The highest BCUT2D eigenvalue weighted by Crippen LogP contribution is 2.32. The Morgan fingerprint density at radius 3 is 2.65 bits per heavy atom. The maximum absolute atomic E-state index is 11.9. The largest absolute Gasteiger partial charge is 0.444 e. The smallest absolute Gasteiger partial charge is 0.408 e. The van der Waals surface area contributed by atoms with Crippen molar-refractivity contribution in [3.8, 4) is 0 Å². The molecule has 1 aliphatic carbocycles. The second kappa shape index (κ2) is 6.49. The topological polar surface area (TPSA) is 81.7 Å². The Hall–Kier alpha value is -1.60. The molecule has 0 bridgehead atoms. The Morgan fingerprint density at radius 2 is 2.04 bits per heavy atom. The minimum atomic E-state index is -3.48. The molecule has 23 heavy (non-hydrogen) atoms. The molecule has 6 nitrogen and oxygen atoms in total. The van der Waals surface area contributed by atoms with Gasteiger partial charge in [0.1, 0.15) is 5.60 Å². The summed E-state index contributed by atoms with van der Waals surface area (Å²) in [6, 6.07) is 5.56. The fourth-order valence-corrected chi connectivity index (χ4v) is 2.87. The Labute approximate surface area is 137 Å². The second-order valence-electron chi connectivity index (χ2n) is 6.74. The van der Waals surface area contributed by atoms with Gasteiger partial charge in [0.25, 0.3) is 10.1 Å². The minimum Gasteiger partial charge on any atom is -0.444 e. The van der Waals surface area contributed by atoms with Crippen LogP contribution >= 0.6 is 0 Å². The third kappa shape index (κ3) is 5.51. The highest BCUT2D eigenvalue weighted by atomic mass is 32.2. The molecule has 0 saturated heterocycles. The van der Waals surface area contributed by atoms with Crippen LogP contribution in [0, 0.1) is 0 Å². The summed E-state index contributed by atoms with van der Waals surface area (Å²) in [4.78, 5) is 11.9. The fraction of sp³-hybridized carbons (Fsp3) is 0.562. The van der Waals surface area contributed by atoms with Gasteiger partial charge in [0.15, 0.2) is 0 Å². The zero-order valence-electron chi connectivity index (χ0n) is 13.9. The van der Waals surface area contributed by atoms with Gasteiger partial charge >= 0.3 is 6.09 Å². The Bertz CT molecular complexity index is 691. The van der Waals surface area contributed by atoms with Gasteiger partial charge < -0.3 is 10.1 Å². The number of amides is 1. The van der Waals surface area contributed by atoms with Gasteiger partial charge in [-0.05, 0) is 50.3 Å². The van der Waals surface area contributed by atoms with E-state index >= 15 is 0 Å². The van der Waals surface area contributed by atoms with Crippen LogP contribution in [0.25, 0.3) is 0 Å². The maximum Gasteiger partial charge on any atom is 0.408 e. The quantitative estimate of drug-likeness (QED) is 0.852. The number of hydrogen-bond donors (Lipinski definition) is 1. The number of nitrogens with one attached hydrogen (secondary N) is 1. The van der Waals surface area contributed by atoms with Crippen LogP contribution in [0.5, 0.6) is 0 Å². The summed E-state index contributed by atoms with van der Waals surface area (Å²) < 4.78 is 32.3. The van der Waals surface area contributed by atoms with Crippen LogP contribution in [-0.2, 0) is 32.1 Å². The van der Waals surface area contributed by atoms with Crippen molar-refractivity contribution in [2.45, 2.75) is 51.9 Å². The SMILES string of the molecule is CC(C)(C)OC(=O)NC1CCc2ccc(COS(C)(=O)=O)cc21. The van der Waals surface area contributed by atoms with Gasteiger partial charge in [-0.15, -0.1) is 0 Å². The molecular formula is C16H23NO5S. The van der Waals surface area contributed by atoms with E-state index in [1.54, 1.807) is 0 Å². The average molecular weight is 341 g/mol. The molecule has 0 radical (unpaired) electrons. The molecular weight excluding hydrogens is 318 g/mol. The lowest BCUT2D eigenvalue weighted by atomic mass is 10.0. The predicted molar refractivity (Wildman–Crippen MR) is 86.5 cm³/mol. The number of rotatable bonds is 4. The van der Waals surface area contributed by atoms with Gasteiger partial charge in [-0.25, -0.2) is 4.79 Å². The first-order valence-electron chi connectivity index (χ1n) is 7.49. The van der Waals surface area contributed by atoms with Crippen molar-refractivity contribution in [2.24, 2.45) is 0 Å². The van der Waals surface area contributed by atoms with E-state index in [0.717, 1.165) is 35.8 Å². The van der Waals surface area contributed by atoms with Gasteiger partial charge in [-0.2, -0.15) is 8.42 Å². The zero-order chi connectivity index (χ0) is 17.3. The molecule has 0 fully saturated rings. The van der Waals surface area contributed by atoms with E-state index < -0.39 is 21.8 Å². The van der Waals surface area contributed by atoms with E-state index in [2.05, 4.69) is 5.32 Å². The maximum atomic E-state index is 11.9. The van der Waals surface area contributed by atoms with Gasteiger partial charge in [0.2, 0.25) is 0 Å². The number of benzene rings is 1. The van der Waals surface area contributed by atoms with Crippen molar-refractivity contribution in [1.82, 2.24) is 5.32 Å². The first kappa shape index (κ1) is 17.7. The van der Waals surface area contributed by atoms with E-state index in [1.807, 2.05) is 39.0 Å². The summed E-state index contributed by atoms with van der Waals surface area (Å²) in [5, 5.41) is 2.87. The monoisotopic (exact) mass is 341 g/mol.